The summed E-state index contributed by atoms with van der Waals surface area (Å²) < 4.78 is 11.7. The Morgan fingerprint density at radius 2 is 2.04 bits per heavy atom. The average molecular weight is 311 g/mol. The van der Waals surface area contributed by atoms with Crippen molar-refractivity contribution < 1.29 is 14.3 Å². The van der Waals surface area contributed by atoms with Gasteiger partial charge >= 0.3 is 6.01 Å². The van der Waals surface area contributed by atoms with Crippen molar-refractivity contribution in [3.05, 3.63) is 36.2 Å². The highest BCUT2D eigenvalue weighted by atomic mass is 16.5. The van der Waals surface area contributed by atoms with Crippen molar-refractivity contribution in [2.75, 3.05) is 11.9 Å². The summed E-state index contributed by atoms with van der Waals surface area (Å²) in [5, 5.41) is 2.63. The highest BCUT2D eigenvalue weighted by Gasteiger charge is 2.49. The third-order valence-electron chi connectivity index (χ3n) is 4.36. The van der Waals surface area contributed by atoms with Gasteiger partial charge in [0.05, 0.1) is 24.7 Å². The first kappa shape index (κ1) is 14.0. The number of aromatic nitrogens is 2. The number of hydrogen-bond acceptors (Lipinski definition) is 5. The quantitative estimate of drug-likeness (QED) is 0.943. The predicted octanol–water partition coefficient (Wildman–Crippen LogP) is 3.04. The molecule has 2 aromatic rings. The van der Waals surface area contributed by atoms with Crippen molar-refractivity contribution in [1.82, 2.24) is 9.97 Å². The van der Waals surface area contributed by atoms with E-state index in [-0.39, 0.29) is 17.3 Å². The molecule has 0 unspecified atom stereocenters. The summed E-state index contributed by atoms with van der Waals surface area (Å²) in [6.07, 6.45) is 6.44. The maximum Gasteiger partial charge on any atom is 0.322 e. The molecule has 2 heterocycles. The molecule has 0 atom stereocenters. The number of fused-ring (bicyclic) bond motifs is 2. The molecule has 118 valence electrons. The lowest BCUT2D eigenvalue weighted by molar-refractivity contribution is -0.114. The third kappa shape index (κ3) is 2.60. The molecule has 0 saturated heterocycles. The number of benzene rings is 1. The zero-order valence-electron chi connectivity index (χ0n) is 12.8. The number of carbonyl (C=O) groups is 1. The van der Waals surface area contributed by atoms with E-state index in [0.29, 0.717) is 5.69 Å². The van der Waals surface area contributed by atoms with Gasteiger partial charge in [-0.3, -0.25) is 4.79 Å². The average Bonchev–Trinajstić information content (AvgIpc) is 3.29. The molecule has 1 spiro atoms. The molecule has 1 aromatic carbocycles. The van der Waals surface area contributed by atoms with Crippen molar-refractivity contribution in [2.24, 2.45) is 0 Å². The van der Waals surface area contributed by atoms with Crippen molar-refractivity contribution in [1.29, 1.82) is 0 Å². The van der Waals surface area contributed by atoms with Crippen LogP contribution < -0.4 is 14.8 Å². The number of ether oxygens (including phenoxy) is 2. The number of nitrogens with one attached hydrogen (secondary N) is 1. The molecule has 1 fully saturated rings. The SMILES string of the molecule is CC(=O)Nc1cnc(Oc2cccc3c2C2(CCO3)CC2)nc1. The zero-order valence-corrected chi connectivity index (χ0v) is 12.8. The van der Waals surface area contributed by atoms with Crippen molar-refractivity contribution in [3.8, 4) is 17.5 Å². The molecule has 4 rings (SSSR count). The minimum Gasteiger partial charge on any atom is -0.493 e. The maximum absolute atomic E-state index is 11.0. The molecule has 1 amide bonds. The summed E-state index contributed by atoms with van der Waals surface area (Å²) in [5.41, 5.74) is 1.89. The Morgan fingerprint density at radius 3 is 2.74 bits per heavy atom. The Morgan fingerprint density at radius 1 is 1.26 bits per heavy atom. The second-order valence-electron chi connectivity index (χ2n) is 6.05. The fourth-order valence-electron chi connectivity index (χ4n) is 3.11. The Bertz CT molecular complexity index is 754. The van der Waals surface area contributed by atoms with Crippen LogP contribution in [-0.2, 0) is 10.2 Å². The normalized spacial score (nSPS) is 17.1. The largest absolute Gasteiger partial charge is 0.493 e. The van der Waals surface area contributed by atoms with Crippen LogP contribution in [0.1, 0.15) is 31.7 Å². The summed E-state index contributed by atoms with van der Waals surface area (Å²) in [4.78, 5) is 19.3. The molecule has 23 heavy (non-hydrogen) atoms. The van der Waals surface area contributed by atoms with Crippen molar-refractivity contribution in [3.63, 3.8) is 0 Å². The van der Waals surface area contributed by atoms with Gasteiger partial charge in [-0.2, -0.15) is 0 Å². The summed E-state index contributed by atoms with van der Waals surface area (Å²) >= 11 is 0. The van der Waals surface area contributed by atoms with Crippen molar-refractivity contribution >= 4 is 11.6 Å². The maximum atomic E-state index is 11.0. The molecule has 0 radical (unpaired) electrons. The number of carbonyl (C=O) groups excluding carboxylic acids is 1. The van der Waals surface area contributed by atoms with E-state index in [2.05, 4.69) is 15.3 Å². The van der Waals surface area contributed by atoms with E-state index >= 15 is 0 Å². The number of anilines is 1. The van der Waals surface area contributed by atoms with Crippen LogP contribution in [0.2, 0.25) is 0 Å². The second kappa shape index (κ2) is 5.22. The Hall–Kier alpha value is -2.63. The highest BCUT2D eigenvalue weighted by Crippen LogP contribution is 2.59. The molecule has 2 aliphatic rings. The lowest BCUT2D eigenvalue weighted by atomic mass is 9.89. The molecule has 1 aromatic heterocycles. The molecule has 1 aliphatic heterocycles. The summed E-state index contributed by atoms with van der Waals surface area (Å²) in [7, 11) is 0. The topological polar surface area (TPSA) is 73.3 Å². The van der Waals surface area contributed by atoms with Crippen LogP contribution in [0, 0.1) is 0 Å². The number of rotatable bonds is 3. The molecule has 6 heteroatoms. The molecular weight excluding hydrogens is 294 g/mol. The number of nitrogens with zero attached hydrogens (tertiary/aromatic N) is 2. The Balaban J connectivity index is 1.61. The van der Waals surface area contributed by atoms with E-state index in [1.54, 1.807) is 0 Å². The minimum absolute atomic E-state index is 0.160. The lowest BCUT2D eigenvalue weighted by Crippen LogP contribution is -2.20. The monoisotopic (exact) mass is 311 g/mol. The number of amides is 1. The first-order chi connectivity index (χ1) is 11.2. The van der Waals surface area contributed by atoms with Crippen LogP contribution in [0.4, 0.5) is 5.69 Å². The summed E-state index contributed by atoms with van der Waals surface area (Å²) in [6, 6.07) is 6.09. The Labute approximate surface area is 133 Å². The fraction of sp³-hybridized carbons (Fsp3) is 0.353. The summed E-state index contributed by atoms with van der Waals surface area (Å²) in [6.45, 7) is 2.20. The first-order valence-corrected chi connectivity index (χ1v) is 7.70. The zero-order chi connectivity index (χ0) is 15.9. The van der Waals surface area contributed by atoms with E-state index < -0.39 is 0 Å². The van der Waals surface area contributed by atoms with E-state index in [9.17, 15) is 4.79 Å². The van der Waals surface area contributed by atoms with Gasteiger partial charge in [0.1, 0.15) is 11.5 Å². The summed E-state index contributed by atoms with van der Waals surface area (Å²) in [5.74, 6) is 1.50. The van der Waals surface area contributed by atoms with E-state index in [1.165, 1.54) is 32.2 Å². The fourth-order valence-corrected chi connectivity index (χ4v) is 3.11. The van der Waals surface area contributed by atoms with E-state index in [1.807, 2.05) is 18.2 Å². The van der Waals surface area contributed by atoms with Crippen LogP contribution >= 0.6 is 0 Å². The molecule has 6 nitrogen and oxygen atoms in total. The molecule has 1 aliphatic carbocycles. The molecule has 1 saturated carbocycles. The lowest BCUT2D eigenvalue weighted by Gasteiger charge is -2.27. The number of hydrogen-bond donors (Lipinski definition) is 1. The van der Waals surface area contributed by atoms with Crippen LogP contribution in [0.25, 0.3) is 0 Å². The minimum atomic E-state index is -0.160. The van der Waals surface area contributed by atoms with Gasteiger partial charge in [-0.25, -0.2) is 9.97 Å². The second-order valence-corrected chi connectivity index (χ2v) is 6.05. The van der Waals surface area contributed by atoms with Gasteiger partial charge in [0, 0.05) is 17.9 Å². The van der Waals surface area contributed by atoms with E-state index in [0.717, 1.165) is 30.1 Å². The smallest absolute Gasteiger partial charge is 0.322 e. The van der Waals surface area contributed by atoms with Crippen LogP contribution in [-0.4, -0.2) is 22.5 Å². The van der Waals surface area contributed by atoms with Crippen LogP contribution in [0.3, 0.4) is 0 Å². The van der Waals surface area contributed by atoms with Gasteiger partial charge in [-0.1, -0.05) is 6.07 Å². The molecule has 1 N–H and O–H groups in total. The highest BCUT2D eigenvalue weighted by molar-refractivity contribution is 5.88. The molecular formula is C17H17N3O3. The van der Waals surface area contributed by atoms with Gasteiger partial charge < -0.3 is 14.8 Å². The van der Waals surface area contributed by atoms with Gasteiger partial charge in [0.15, 0.2) is 0 Å². The predicted molar refractivity (Wildman–Crippen MR) is 83.9 cm³/mol. The van der Waals surface area contributed by atoms with E-state index in [4.69, 9.17) is 9.47 Å². The molecule has 0 bridgehead atoms. The third-order valence-corrected chi connectivity index (χ3v) is 4.36. The van der Waals surface area contributed by atoms with Crippen LogP contribution in [0.15, 0.2) is 30.6 Å². The van der Waals surface area contributed by atoms with Crippen molar-refractivity contribution in [2.45, 2.75) is 31.6 Å². The van der Waals surface area contributed by atoms with Gasteiger partial charge in [-0.15, -0.1) is 0 Å². The Kier molecular flexibility index (Phi) is 3.18. The van der Waals surface area contributed by atoms with Crippen LogP contribution in [0.5, 0.6) is 17.5 Å². The first-order valence-electron chi connectivity index (χ1n) is 7.70. The van der Waals surface area contributed by atoms with Gasteiger partial charge in [-0.05, 0) is 31.4 Å². The van der Waals surface area contributed by atoms with Gasteiger partial charge in [0.2, 0.25) is 5.91 Å². The van der Waals surface area contributed by atoms with Gasteiger partial charge in [0.25, 0.3) is 0 Å². The standard InChI is InChI=1S/C17H17N3O3/c1-11(21)20-12-9-18-16(19-10-12)23-14-4-2-3-13-15(14)17(5-6-17)7-8-22-13/h2-4,9-10H,5-8H2,1H3,(H,20,21).